The van der Waals surface area contributed by atoms with Gasteiger partial charge < -0.3 is 4.74 Å². The predicted octanol–water partition coefficient (Wildman–Crippen LogP) is 6.41. The topological polar surface area (TPSA) is 43.8 Å². The summed E-state index contributed by atoms with van der Waals surface area (Å²) >= 11 is 0. The van der Waals surface area contributed by atoms with E-state index in [1.807, 2.05) is 84.9 Å². The summed E-state index contributed by atoms with van der Waals surface area (Å²) in [6.07, 6.45) is 3.36. The molecule has 0 aliphatic carbocycles. The van der Waals surface area contributed by atoms with Crippen LogP contribution in [0, 0.1) is 6.57 Å². The summed E-state index contributed by atoms with van der Waals surface area (Å²) in [5.41, 5.74) is 4.70. The molecule has 0 saturated heterocycles. The lowest BCUT2D eigenvalue weighted by atomic mass is 10.0. The first kappa shape index (κ1) is 17.7. The molecule has 3 aromatic carbocycles. The molecule has 0 aliphatic heterocycles. The Morgan fingerprint density at radius 2 is 1.47 bits per heavy atom. The maximum absolute atomic E-state index is 7.41. The minimum Gasteiger partial charge on any atom is -0.457 e. The summed E-state index contributed by atoms with van der Waals surface area (Å²) in [6.45, 7) is 7.41. The number of ether oxygens (including phenoxy) is 1. The van der Waals surface area contributed by atoms with Gasteiger partial charge in [0.25, 0.3) is 0 Å². The average molecular weight is 388 g/mol. The first-order valence-corrected chi connectivity index (χ1v) is 9.46. The third kappa shape index (κ3) is 3.17. The smallest absolute Gasteiger partial charge is 0.250 e. The largest absolute Gasteiger partial charge is 0.457 e. The second-order valence-corrected chi connectivity index (χ2v) is 6.71. The van der Waals surface area contributed by atoms with Crippen molar-refractivity contribution in [3.63, 3.8) is 0 Å². The Bertz CT molecular complexity index is 1370. The molecule has 0 fully saturated rings. The normalized spacial score (nSPS) is 10.6. The number of hydrogen-bond donors (Lipinski definition) is 0. The van der Waals surface area contributed by atoms with Gasteiger partial charge >= 0.3 is 0 Å². The van der Waals surface area contributed by atoms with Gasteiger partial charge in [0.2, 0.25) is 5.69 Å². The molecule has 0 saturated carbocycles. The Morgan fingerprint density at radius 3 is 2.23 bits per heavy atom. The highest BCUT2D eigenvalue weighted by atomic mass is 16.5. The molecular formula is C25H16N4O. The van der Waals surface area contributed by atoms with Crippen molar-refractivity contribution in [1.29, 1.82) is 0 Å². The van der Waals surface area contributed by atoms with Gasteiger partial charge in [-0.1, -0.05) is 60.7 Å². The molecule has 2 heterocycles. The first-order chi connectivity index (χ1) is 14.8. The van der Waals surface area contributed by atoms with E-state index in [0.717, 1.165) is 33.9 Å². The van der Waals surface area contributed by atoms with Crippen molar-refractivity contribution < 1.29 is 4.74 Å². The second kappa shape index (κ2) is 7.53. The fourth-order valence-corrected chi connectivity index (χ4v) is 3.44. The third-order valence-electron chi connectivity index (χ3n) is 4.80. The molecule has 30 heavy (non-hydrogen) atoms. The molecule has 142 valence electrons. The molecule has 0 radical (unpaired) electrons. The van der Waals surface area contributed by atoms with Crippen molar-refractivity contribution in [1.82, 2.24) is 14.6 Å². The minimum absolute atomic E-state index is 0.424. The van der Waals surface area contributed by atoms with Gasteiger partial charge in [-0.15, -0.1) is 0 Å². The molecule has 5 heteroatoms. The molecule has 5 nitrogen and oxygen atoms in total. The van der Waals surface area contributed by atoms with Crippen molar-refractivity contribution in [3.8, 4) is 33.9 Å². The Morgan fingerprint density at radius 1 is 0.767 bits per heavy atom. The van der Waals surface area contributed by atoms with E-state index < -0.39 is 0 Å². The number of para-hydroxylation sites is 1. The maximum Gasteiger partial charge on any atom is 0.250 e. The Labute approximate surface area is 173 Å². The van der Waals surface area contributed by atoms with E-state index in [0.29, 0.717) is 11.3 Å². The standard InChI is InChI=1S/C25H16N4O/c1-26-23-17-28-29-24(22(16-27-25(23)29)18-9-4-2-5-10-18)19-11-8-14-21(15-19)30-20-12-6-3-7-13-20/h2-17H. The maximum atomic E-state index is 7.41. The highest BCUT2D eigenvalue weighted by Crippen LogP contribution is 2.35. The number of rotatable bonds is 4. The lowest BCUT2D eigenvalue weighted by molar-refractivity contribution is 0.483. The second-order valence-electron chi connectivity index (χ2n) is 6.71. The van der Waals surface area contributed by atoms with Crippen LogP contribution in [-0.4, -0.2) is 14.6 Å². The van der Waals surface area contributed by atoms with Crippen LogP contribution in [0.3, 0.4) is 0 Å². The van der Waals surface area contributed by atoms with E-state index in [1.165, 1.54) is 0 Å². The lowest BCUT2D eigenvalue weighted by Gasteiger charge is -2.13. The highest BCUT2D eigenvalue weighted by molar-refractivity contribution is 5.84. The van der Waals surface area contributed by atoms with E-state index >= 15 is 0 Å². The SMILES string of the molecule is [C-]#[N+]c1cnn2c(-c3cccc(Oc4ccccc4)c3)c(-c3ccccc3)cnc12. The van der Waals surface area contributed by atoms with Crippen molar-refractivity contribution >= 4 is 11.3 Å². The summed E-state index contributed by atoms with van der Waals surface area (Å²) in [6, 6.07) is 27.6. The Kier molecular flexibility index (Phi) is 4.43. The van der Waals surface area contributed by atoms with Gasteiger partial charge in [0.15, 0.2) is 5.65 Å². The summed E-state index contributed by atoms with van der Waals surface area (Å²) in [4.78, 5) is 8.07. The van der Waals surface area contributed by atoms with Gasteiger partial charge in [0.05, 0.1) is 18.5 Å². The number of nitrogens with zero attached hydrogens (tertiary/aromatic N) is 4. The number of aromatic nitrogens is 3. The molecule has 0 spiro atoms. The summed E-state index contributed by atoms with van der Waals surface area (Å²) < 4.78 is 7.76. The van der Waals surface area contributed by atoms with E-state index in [9.17, 15) is 0 Å². The van der Waals surface area contributed by atoms with E-state index in [2.05, 4.69) is 14.9 Å². The van der Waals surface area contributed by atoms with Crippen LogP contribution < -0.4 is 4.74 Å². The molecule has 0 unspecified atom stereocenters. The zero-order chi connectivity index (χ0) is 20.3. The number of hydrogen-bond acceptors (Lipinski definition) is 3. The summed E-state index contributed by atoms with van der Waals surface area (Å²) in [5.74, 6) is 1.49. The summed E-state index contributed by atoms with van der Waals surface area (Å²) in [7, 11) is 0. The average Bonchev–Trinajstić information content (AvgIpc) is 3.23. The van der Waals surface area contributed by atoms with Gasteiger partial charge in [0, 0.05) is 17.3 Å². The quantitative estimate of drug-likeness (QED) is 0.334. The Hall–Kier alpha value is -4.43. The van der Waals surface area contributed by atoms with Gasteiger partial charge in [-0.25, -0.2) is 14.3 Å². The van der Waals surface area contributed by atoms with Gasteiger partial charge in [-0.2, -0.15) is 5.10 Å². The molecule has 2 aromatic heterocycles. The Balaban J connectivity index is 1.70. The summed E-state index contributed by atoms with van der Waals surface area (Å²) in [5, 5.41) is 4.47. The van der Waals surface area contributed by atoms with Crippen molar-refractivity contribution in [2.75, 3.05) is 0 Å². The van der Waals surface area contributed by atoms with E-state index in [4.69, 9.17) is 11.3 Å². The van der Waals surface area contributed by atoms with E-state index in [1.54, 1.807) is 16.9 Å². The van der Waals surface area contributed by atoms with Crippen LogP contribution in [0.1, 0.15) is 0 Å². The number of benzene rings is 3. The van der Waals surface area contributed by atoms with Gasteiger partial charge in [-0.3, -0.25) is 0 Å². The molecule has 5 aromatic rings. The molecular weight excluding hydrogens is 372 g/mol. The number of fused-ring (bicyclic) bond motifs is 1. The van der Waals surface area contributed by atoms with E-state index in [-0.39, 0.29) is 0 Å². The van der Waals surface area contributed by atoms with Gasteiger partial charge in [-0.05, 0) is 29.8 Å². The molecule has 5 rings (SSSR count). The molecule has 0 atom stereocenters. The molecule has 0 bridgehead atoms. The third-order valence-corrected chi connectivity index (χ3v) is 4.80. The molecule has 0 amide bonds. The van der Waals surface area contributed by atoms with Crippen LogP contribution in [0.15, 0.2) is 97.3 Å². The predicted molar refractivity (Wildman–Crippen MR) is 117 cm³/mol. The zero-order valence-corrected chi connectivity index (χ0v) is 15.9. The van der Waals surface area contributed by atoms with Crippen LogP contribution in [-0.2, 0) is 0 Å². The van der Waals surface area contributed by atoms with Crippen LogP contribution in [0.5, 0.6) is 11.5 Å². The minimum atomic E-state index is 0.424. The molecule has 0 aliphatic rings. The van der Waals surface area contributed by atoms with Gasteiger partial charge in [0.1, 0.15) is 11.5 Å². The lowest BCUT2D eigenvalue weighted by Crippen LogP contribution is -1.99. The van der Waals surface area contributed by atoms with Crippen LogP contribution in [0.2, 0.25) is 0 Å². The van der Waals surface area contributed by atoms with Crippen LogP contribution >= 0.6 is 0 Å². The monoisotopic (exact) mass is 388 g/mol. The van der Waals surface area contributed by atoms with Crippen molar-refractivity contribution in [3.05, 3.63) is 109 Å². The zero-order valence-electron chi connectivity index (χ0n) is 15.9. The highest BCUT2D eigenvalue weighted by Gasteiger charge is 2.17. The van der Waals surface area contributed by atoms with Crippen LogP contribution in [0.25, 0.3) is 32.9 Å². The fraction of sp³-hybridized carbons (Fsp3) is 0. The fourth-order valence-electron chi connectivity index (χ4n) is 3.44. The van der Waals surface area contributed by atoms with Crippen LogP contribution in [0.4, 0.5) is 5.69 Å². The van der Waals surface area contributed by atoms with Crippen molar-refractivity contribution in [2.45, 2.75) is 0 Å². The van der Waals surface area contributed by atoms with Crippen molar-refractivity contribution in [2.24, 2.45) is 0 Å². The molecule has 0 N–H and O–H groups in total. The first-order valence-electron chi connectivity index (χ1n) is 9.46.